The predicted molar refractivity (Wildman–Crippen MR) is 349 cm³/mol. The van der Waals surface area contributed by atoms with Gasteiger partial charge in [0.1, 0.15) is 6.61 Å². The molecule has 0 fully saturated rings. The third-order valence-corrected chi connectivity index (χ3v) is 16.1. The molecule has 0 bridgehead atoms. The molecular formula is C71H130NO8P. The fraction of sp³-hybridized carbons (Fsp3) is 0.803. The van der Waals surface area contributed by atoms with E-state index in [0.717, 1.165) is 77.0 Å². The summed E-state index contributed by atoms with van der Waals surface area (Å²) in [5.74, 6) is -0.820. The first-order valence-corrected chi connectivity index (χ1v) is 35.9. The number of allylic oxidation sites excluding steroid dienone is 12. The molecule has 0 saturated carbocycles. The molecule has 9 nitrogen and oxygen atoms in total. The monoisotopic (exact) mass is 1160 g/mol. The highest BCUT2D eigenvalue weighted by atomic mass is 31.2. The van der Waals surface area contributed by atoms with Crippen LogP contribution in [0.1, 0.15) is 335 Å². The Labute approximate surface area is 501 Å². The lowest BCUT2D eigenvalue weighted by Crippen LogP contribution is -2.29. The number of hydrogen-bond acceptors (Lipinski definition) is 8. The van der Waals surface area contributed by atoms with E-state index < -0.39 is 26.5 Å². The molecule has 0 rings (SSSR count). The minimum absolute atomic E-state index is 0.0518. The van der Waals surface area contributed by atoms with Crippen LogP contribution in [0.25, 0.3) is 0 Å². The molecule has 0 aliphatic carbocycles. The maximum absolute atomic E-state index is 12.7. The van der Waals surface area contributed by atoms with Gasteiger partial charge in [-0.2, -0.15) is 0 Å². The number of hydrogen-bond donors (Lipinski definition) is 2. The summed E-state index contributed by atoms with van der Waals surface area (Å²) in [5, 5.41) is 0. The van der Waals surface area contributed by atoms with Gasteiger partial charge < -0.3 is 20.1 Å². The normalized spacial score (nSPS) is 13.4. The van der Waals surface area contributed by atoms with E-state index in [0.29, 0.717) is 6.42 Å². The van der Waals surface area contributed by atoms with Crippen molar-refractivity contribution in [1.82, 2.24) is 0 Å². The van der Waals surface area contributed by atoms with E-state index in [4.69, 9.17) is 24.3 Å². The second kappa shape index (κ2) is 66.6. The molecular weight excluding hydrogens is 1030 g/mol. The molecule has 0 heterocycles. The minimum Gasteiger partial charge on any atom is -0.462 e. The first kappa shape index (κ1) is 78.5. The van der Waals surface area contributed by atoms with Crippen molar-refractivity contribution in [3.63, 3.8) is 0 Å². The van der Waals surface area contributed by atoms with Crippen LogP contribution in [-0.2, 0) is 32.7 Å². The van der Waals surface area contributed by atoms with Gasteiger partial charge in [0.15, 0.2) is 6.10 Å². The molecule has 0 aromatic heterocycles. The molecule has 0 aromatic rings. The lowest BCUT2D eigenvalue weighted by atomic mass is 10.0. The second-order valence-corrected chi connectivity index (χ2v) is 24.5. The highest BCUT2D eigenvalue weighted by Crippen LogP contribution is 2.43. The molecule has 3 N–H and O–H groups in total. The Bertz CT molecular complexity index is 1560. The van der Waals surface area contributed by atoms with Gasteiger partial charge in [-0.25, -0.2) is 4.57 Å². The van der Waals surface area contributed by atoms with Crippen molar-refractivity contribution >= 4 is 19.8 Å². The van der Waals surface area contributed by atoms with Gasteiger partial charge in [0.05, 0.1) is 13.2 Å². The standard InChI is InChI=1S/C71H130NO8P/c1-3-5-7-9-11-13-15-17-19-21-23-25-27-28-29-30-31-32-33-34-35-36-37-38-39-40-42-43-45-47-49-51-53-55-57-59-61-63-70(73)77-67-69(68-79-81(75,76)78-66-65-72)80-71(74)64-62-60-58-56-54-52-50-48-46-44-41-26-24-22-20-18-16-14-12-10-8-6-4-2/h6,8,12,14-15,17-18,20-21,23-24,26,69H,3-5,7,9-11,13,16,19,22,25,27-68,72H2,1-2H3,(H,75,76)/b8-6-,14-12-,17-15-,20-18-,23-21-,26-24-. The van der Waals surface area contributed by atoms with E-state index in [9.17, 15) is 19.0 Å². The number of nitrogens with two attached hydrogens (primary N) is 1. The molecule has 472 valence electrons. The Kier molecular flexibility index (Phi) is 64.5. The number of rotatable bonds is 65. The maximum atomic E-state index is 12.7. The third-order valence-electron chi connectivity index (χ3n) is 15.1. The van der Waals surface area contributed by atoms with Gasteiger partial charge in [-0.05, 0) is 83.5 Å². The molecule has 0 aromatic carbocycles. The van der Waals surface area contributed by atoms with Crippen molar-refractivity contribution in [3.8, 4) is 0 Å². The van der Waals surface area contributed by atoms with Crippen molar-refractivity contribution in [2.24, 2.45) is 5.73 Å². The average molecular weight is 1160 g/mol. The Balaban J connectivity index is 3.81. The summed E-state index contributed by atoms with van der Waals surface area (Å²) in [4.78, 5) is 35.3. The molecule has 2 atom stereocenters. The van der Waals surface area contributed by atoms with Crippen LogP contribution < -0.4 is 5.73 Å². The third kappa shape index (κ3) is 66.5. The summed E-state index contributed by atoms with van der Waals surface area (Å²) in [6, 6.07) is 0. The summed E-state index contributed by atoms with van der Waals surface area (Å²) < 4.78 is 33.1. The zero-order valence-electron chi connectivity index (χ0n) is 53.0. The summed E-state index contributed by atoms with van der Waals surface area (Å²) in [7, 11) is -4.39. The van der Waals surface area contributed by atoms with Crippen LogP contribution in [0.15, 0.2) is 72.9 Å². The van der Waals surface area contributed by atoms with Gasteiger partial charge in [-0.1, -0.05) is 311 Å². The number of phosphoric ester groups is 1. The van der Waals surface area contributed by atoms with Gasteiger partial charge in [-0.3, -0.25) is 18.6 Å². The molecule has 10 heteroatoms. The van der Waals surface area contributed by atoms with Crippen molar-refractivity contribution < 1.29 is 37.6 Å². The molecule has 81 heavy (non-hydrogen) atoms. The summed E-state index contributed by atoms with van der Waals surface area (Å²) in [5.41, 5.74) is 5.40. The molecule has 0 aliphatic heterocycles. The number of phosphoric acid groups is 1. The first-order chi connectivity index (χ1) is 39.8. The van der Waals surface area contributed by atoms with E-state index in [2.05, 4.69) is 86.8 Å². The van der Waals surface area contributed by atoms with Crippen molar-refractivity contribution in [1.29, 1.82) is 0 Å². The Morgan fingerprint density at radius 2 is 0.679 bits per heavy atom. The van der Waals surface area contributed by atoms with Crippen molar-refractivity contribution in [3.05, 3.63) is 72.9 Å². The summed E-state index contributed by atoms with van der Waals surface area (Å²) >= 11 is 0. The van der Waals surface area contributed by atoms with Gasteiger partial charge in [-0.15, -0.1) is 0 Å². The SMILES string of the molecule is CC/C=C\C/C=C\C/C=C\C/C=C\CCCCCCCCCCCCC(=O)OC(COC(=O)CCCCCCCCCCCCCCCCCCCCCCCCCCC/C=C\C/C=C\CCCCCCC)COP(=O)(O)OCCN. The maximum Gasteiger partial charge on any atom is 0.472 e. The first-order valence-electron chi connectivity index (χ1n) is 34.4. The Morgan fingerprint density at radius 3 is 1.01 bits per heavy atom. The number of unbranched alkanes of at least 4 members (excludes halogenated alkanes) is 40. The van der Waals surface area contributed by atoms with E-state index in [1.54, 1.807) is 0 Å². The Hall–Kier alpha value is -2.55. The summed E-state index contributed by atoms with van der Waals surface area (Å²) in [6.07, 6.45) is 87.2. The van der Waals surface area contributed by atoms with Crippen LogP contribution in [0.3, 0.4) is 0 Å². The molecule has 0 spiro atoms. The number of esters is 2. The van der Waals surface area contributed by atoms with Crippen LogP contribution in [0, 0.1) is 0 Å². The zero-order chi connectivity index (χ0) is 58.7. The van der Waals surface area contributed by atoms with Crippen LogP contribution >= 0.6 is 7.82 Å². The van der Waals surface area contributed by atoms with Crippen molar-refractivity contribution in [2.45, 2.75) is 341 Å². The molecule has 0 saturated heterocycles. The Morgan fingerprint density at radius 1 is 0.383 bits per heavy atom. The largest absolute Gasteiger partial charge is 0.472 e. The highest BCUT2D eigenvalue weighted by Gasteiger charge is 2.26. The van der Waals surface area contributed by atoms with Gasteiger partial charge in [0.2, 0.25) is 0 Å². The number of carbonyl (C=O) groups is 2. The smallest absolute Gasteiger partial charge is 0.462 e. The molecule has 0 radical (unpaired) electrons. The molecule has 0 amide bonds. The van der Waals surface area contributed by atoms with E-state index in [1.165, 1.54) is 225 Å². The van der Waals surface area contributed by atoms with Crippen molar-refractivity contribution in [2.75, 3.05) is 26.4 Å². The van der Waals surface area contributed by atoms with Crippen LogP contribution in [0.4, 0.5) is 0 Å². The molecule has 0 aliphatic rings. The highest BCUT2D eigenvalue weighted by molar-refractivity contribution is 7.47. The van der Waals surface area contributed by atoms with E-state index in [1.807, 2.05) is 0 Å². The number of carbonyl (C=O) groups excluding carboxylic acids is 2. The van der Waals surface area contributed by atoms with Gasteiger partial charge in [0, 0.05) is 19.4 Å². The van der Waals surface area contributed by atoms with Gasteiger partial charge in [0.25, 0.3) is 0 Å². The fourth-order valence-corrected chi connectivity index (χ4v) is 10.8. The average Bonchev–Trinajstić information content (AvgIpc) is 3.46. The van der Waals surface area contributed by atoms with E-state index >= 15 is 0 Å². The lowest BCUT2D eigenvalue weighted by Gasteiger charge is -2.19. The summed E-state index contributed by atoms with van der Waals surface area (Å²) in [6.45, 7) is 3.66. The number of ether oxygens (including phenoxy) is 2. The zero-order valence-corrected chi connectivity index (χ0v) is 53.9. The molecule has 2 unspecified atom stereocenters. The van der Waals surface area contributed by atoms with Crippen LogP contribution in [0.2, 0.25) is 0 Å². The van der Waals surface area contributed by atoms with Crippen LogP contribution in [-0.4, -0.2) is 49.3 Å². The second-order valence-electron chi connectivity index (χ2n) is 23.0. The topological polar surface area (TPSA) is 134 Å². The lowest BCUT2D eigenvalue weighted by molar-refractivity contribution is -0.161. The van der Waals surface area contributed by atoms with Crippen LogP contribution in [0.5, 0.6) is 0 Å². The van der Waals surface area contributed by atoms with Gasteiger partial charge >= 0.3 is 19.8 Å². The quantitative estimate of drug-likeness (QED) is 0.0264. The fourth-order valence-electron chi connectivity index (χ4n) is 10.0. The van der Waals surface area contributed by atoms with E-state index in [-0.39, 0.29) is 38.6 Å². The minimum atomic E-state index is -4.39. The predicted octanol–water partition coefficient (Wildman–Crippen LogP) is 22.4.